The summed E-state index contributed by atoms with van der Waals surface area (Å²) in [7, 11) is 0. The van der Waals surface area contributed by atoms with Gasteiger partial charge in [-0.3, -0.25) is 4.98 Å². The summed E-state index contributed by atoms with van der Waals surface area (Å²) in [6.45, 7) is 12.3. The van der Waals surface area contributed by atoms with Crippen LogP contribution in [0.3, 0.4) is 0 Å². The molecule has 0 aliphatic heterocycles. The normalized spacial score (nSPS) is 11.5. The van der Waals surface area contributed by atoms with Crippen molar-refractivity contribution in [3.63, 3.8) is 0 Å². The zero-order chi connectivity index (χ0) is 16.7. The first kappa shape index (κ1) is 16.2. The Morgan fingerprint density at radius 2 is 1.59 bits per heavy atom. The number of benzene rings is 1. The van der Waals surface area contributed by atoms with Gasteiger partial charge in [0.1, 0.15) is 0 Å². The standard InChI is InChI=1S/C19H23NO2/c1-11-9-12(2)16(13(3)10-11)17-14(18(21)22)7-8-15(20-17)19(4,5)6/h7-10H,1-6H3,(H,21,22). The number of rotatable bonds is 2. The molecule has 1 aromatic carbocycles. The van der Waals surface area contributed by atoms with Gasteiger partial charge in [-0.25, -0.2) is 4.79 Å². The highest BCUT2D eigenvalue weighted by molar-refractivity contribution is 5.95. The molecule has 1 heterocycles. The molecule has 0 saturated carbocycles. The Labute approximate surface area is 132 Å². The van der Waals surface area contributed by atoms with E-state index in [9.17, 15) is 9.90 Å². The number of carboxylic acids is 1. The highest BCUT2D eigenvalue weighted by atomic mass is 16.4. The summed E-state index contributed by atoms with van der Waals surface area (Å²) in [5.74, 6) is -0.942. The fraction of sp³-hybridized carbons (Fsp3) is 0.368. The molecule has 3 nitrogen and oxygen atoms in total. The Balaban J connectivity index is 2.80. The number of carboxylic acid groups (broad SMARTS) is 1. The molecule has 0 unspecified atom stereocenters. The molecule has 0 bridgehead atoms. The second-order valence-corrected chi connectivity index (χ2v) is 6.92. The first-order valence-electron chi connectivity index (χ1n) is 7.44. The van der Waals surface area contributed by atoms with Gasteiger partial charge in [-0.1, -0.05) is 38.5 Å². The third-order valence-electron chi connectivity index (χ3n) is 3.81. The topological polar surface area (TPSA) is 50.2 Å². The molecule has 0 amide bonds. The highest BCUT2D eigenvalue weighted by Gasteiger charge is 2.22. The van der Waals surface area contributed by atoms with E-state index in [0.29, 0.717) is 5.69 Å². The van der Waals surface area contributed by atoms with Gasteiger partial charge in [0.15, 0.2) is 0 Å². The summed E-state index contributed by atoms with van der Waals surface area (Å²) in [6.07, 6.45) is 0. The number of aromatic nitrogens is 1. The Hall–Kier alpha value is -2.16. The van der Waals surface area contributed by atoms with Crippen LogP contribution in [-0.2, 0) is 5.41 Å². The van der Waals surface area contributed by atoms with Gasteiger partial charge in [-0.2, -0.15) is 0 Å². The minimum absolute atomic E-state index is 0.127. The van der Waals surface area contributed by atoms with E-state index in [-0.39, 0.29) is 11.0 Å². The van der Waals surface area contributed by atoms with E-state index in [1.165, 1.54) is 5.56 Å². The van der Waals surface area contributed by atoms with E-state index >= 15 is 0 Å². The van der Waals surface area contributed by atoms with Crippen LogP contribution >= 0.6 is 0 Å². The van der Waals surface area contributed by atoms with Crippen molar-refractivity contribution in [2.45, 2.75) is 47.0 Å². The molecule has 0 saturated heterocycles. The van der Waals surface area contributed by atoms with Crippen molar-refractivity contribution in [3.05, 3.63) is 52.2 Å². The molecule has 116 valence electrons. The van der Waals surface area contributed by atoms with Crippen molar-refractivity contribution in [1.82, 2.24) is 4.98 Å². The monoisotopic (exact) mass is 297 g/mol. The molecular weight excluding hydrogens is 274 g/mol. The average molecular weight is 297 g/mol. The summed E-state index contributed by atoms with van der Waals surface area (Å²) in [5, 5.41) is 9.52. The first-order chi connectivity index (χ1) is 10.1. The number of hydrogen-bond donors (Lipinski definition) is 1. The third kappa shape index (κ3) is 3.03. The van der Waals surface area contributed by atoms with Gasteiger partial charge >= 0.3 is 5.97 Å². The average Bonchev–Trinajstić information content (AvgIpc) is 2.36. The van der Waals surface area contributed by atoms with E-state index in [0.717, 1.165) is 22.4 Å². The molecule has 0 aliphatic carbocycles. The van der Waals surface area contributed by atoms with Crippen molar-refractivity contribution in [3.8, 4) is 11.3 Å². The summed E-state index contributed by atoms with van der Waals surface area (Å²) in [4.78, 5) is 16.3. The lowest BCUT2D eigenvalue weighted by Gasteiger charge is -2.21. The minimum atomic E-state index is -0.942. The largest absolute Gasteiger partial charge is 0.478 e. The maximum atomic E-state index is 11.6. The molecule has 1 aromatic heterocycles. The van der Waals surface area contributed by atoms with Crippen LogP contribution in [0.4, 0.5) is 0 Å². The lowest BCUT2D eigenvalue weighted by atomic mass is 9.89. The van der Waals surface area contributed by atoms with Crippen LogP contribution in [0, 0.1) is 20.8 Å². The van der Waals surface area contributed by atoms with Gasteiger partial charge in [-0.05, 0) is 44.0 Å². The molecule has 0 spiro atoms. The predicted octanol–water partition coefficient (Wildman–Crippen LogP) is 4.67. The third-order valence-corrected chi connectivity index (χ3v) is 3.81. The van der Waals surface area contributed by atoms with Gasteiger partial charge < -0.3 is 5.11 Å². The van der Waals surface area contributed by atoms with Gasteiger partial charge in [0.25, 0.3) is 0 Å². The van der Waals surface area contributed by atoms with Gasteiger partial charge in [0.05, 0.1) is 11.3 Å². The van der Waals surface area contributed by atoms with Crippen LogP contribution < -0.4 is 0 Å². The molecule has 0 fully saturated rings. The summed E-state index contributed by atoms with van der Waals surface area (Å²) in [6, 6.07) is 7.62. The number of aromatic carboxylic acids is 1. The molecule has 2 aromatic rings. The number of pyridine rings is 1. The molecule has 2 rings (SSSR count). The molecule has 3 heteroatoms. The molecule has 0 atom stereocenters. The minimum Gasteiger partial charge on any atom is -0.478 e. The van der Waals surface area contributed by atoms with E-state index in [1.807, 2.05) is 26.8 Å². The zero-order valence-electron chi connectivity index (χ0n) is 14.1. The smallest absolute Gasteiger partial charge is 0.337 e. The van der Waals surface area contributed by atoms with Crippen molar-refractivity contribution in [1.29, 1.82) is 0 Å². The van der Waals surface area contributed by atoms with Crippen molar-refractivity contribution in [2.75, 3.05) is 0 Å². The second-order valence-electron chi connectivity index (χ2n) is 6.92. The van der Waals surface area contributed by atoms with Gasteiger partial charge in [0, 0.05) is 16.7 Å². The maximum Gasteiger partial charge on any atom is 0.337 e. The lowest BCUT2D eigenvalue weighted by Crippen LogP contribution is -2.16. The fourth-order valence-electron chi connectivity index (χ4n) is 2.79. The fourth-order valence-corrected chi connectivity index (χ4v) is 2.79. The lowest BCUT2D eigenvalue weighted by molar-refractivity contribution is 0.0697. The SMILES string of the molecule is Cc1cc(C)c(-c2nc(C(C)(C)C)ccc2C(=O)O)c(C)c1. The Kier molecular flexibility index (Phi) is 4.10. The maximum absolute atomic E-state index is 11.6. The van der Waals surface area contributed by atoms with Crippen LogP contribution in [0.1, 0.15) is 53.5 Å². The van der Waals surface area contributed by atoms with E-state index in [4.69, 9.17) is 4.98 Å². The van der Waals surface area contributed by atoms with E-state index in [2.05, 4.69) is 32.9 Å². The van der Waals surface area contributed by atoms with Gasteiger partial charge in [0.2, 0.25) is 0 Å². The molecule has 22 heavy (non-hydrogen) atoms. The number of carbonyl (C=O) groups is 1. The van der Waals surface area contributed by atoms with E-state index in [1.54, 1.807) is 6.07 Å². The number of hydrogen-bond acceptors (Lipinski definition) is 2. The van der Waals surface area contributed by atoms with E-state index < -0.39 is 5.97 Å². The predicted molar refractivity (Wildman–Crippen MR) is 89.5 cm³/mol. The van der Waals surface area contributed by atoms with Crippen molar-refractivity contribution < 1.29 is 9.90 Å². The molecule has 0 radical (unpaired) electrons. The Morgan fingerprint density at radius 3 is 2.05 bits per heavy atom. The second kappa shape index (κ2) is 5.56. The Bertz CT molecular complexity index is 717. The highest BCUT2D eigenvalue weighted by Crippen LogP contribution is 2.32. The van der Waals surface area contributed by atoms with Crippen LogP contribution in [0.25, 0.3) is 11.3 Å². The van der Waals surface area contributed by atoms with Crippen LogP contribution in [0.2, 0.25) is 0 Å². The van der Waals surface area contributed by atoms with Crippen LogP contribution in [0.5, 0.6) is 0 Å². The molecular formula is C19H23NO2. The number of aryl methyl sites for hydroxylation is 3. The molecule has 0 aliphatic rings. The summed E-state index contributed by atoms with van der Waals surface area (Å²) >= 11 is 0. The number of nitrogens with zero attached hydrogens (tertiary/aromatic N) is 1. The van der Waals surface area contributed by atoms with Crippen molar-refractivity contribution in [2.24, 2.45) is 0 Å². The summed E-state index contributed by atoms with van der Waals surface area (Å²) in [5.41, 5.74) is 5.79. The van der Waals surface area contributed by atoms with Gasteiger partial charge in [-0.15, -0.1) is 0 Å². The Morgan fingerprint density at radius 1 is 1.05 bits per heavy atom. The zero-order valence-corrected chi connectivity index (χ0v) is 14.1. The quantitative estimate of drug-likeness (QED) is 0.876. The first-order valence-corrected chi connectivity index (χ1v) is 7.44. The molecule has 1 N–H and O–H groups in total. The van der Waals surface area contributed by atoms with Crippen LogP contribution in [0.15, 0.2) is 24.3 Å². The van der Waals surface area contributed by atoms with Crippen molar-refractivity contribution >= 4 is 5.97 Å². The van der Waals surface area contributed by atoms with Crippen LogP contribution in [-0.4, -0.2) is 16.1 Å². The summed E-state index contributed by atoms with van der Waals surface area (Å²) < 4.78 is 0.